The first-order valence-corrected chi connectivity index (χ1v) is 5.41. The number of hydrogen-bond acceptors (Lipinski definition) is 1. The number of aliphatic hydroxyl groups is 1. The van der Waals surface area contributed by atoms with Crippen LogP contribution >= 0.6 is 0 Å². The lowest BCUT2D eigenvalue weighted by atomic mass is 9.78. The van der Waals surface area contributed by atoms with Gasteiger partial charge >= 0.3 is 0 Å². The number of rotatable bonds is 5. The molecule has 1 fully saturated rings. The molecule has 1 N–H and O–H groups in total. The highest BCUT2D eigenvalue weighted by atomic mass is 16.3. The normalized spacial score (nSPS) is 22.8. The Morgan fingerprint density at radius 1 is 1.25 bits per heavy atom. The summed E-state index contributed by atoms with van der Waals surface area (Å²) in [7, 11) is 0. The lowest BCUT2D eigenvalue weighted by molar-refractivity contribution is -0.0456. The van der Waals surface area contributed by atoms with Crippen LogP contribution in [0.1, 0.15) is 52.9 Å². The zero-order chi connectivity index (χ0) is 9.19. The van der Waals surface area contributed by atoms with Crippen molar-refractivity contribution in [1.82, 2.24) is 0 Å². The monoisotopic (exact) mass is 170 g/mol. The standard InChI is InChI=1S/C11H22O/c1-4-9(5-2)11(12,6-3)10-7-8-10/h9-10,12H,4-8H2,1-3H3. The van der Waals surface area contributed by atoms with Gasteiger partial charge in [-0.25, -0.2) is 0 Å². The van der Waals surface area contributed by atoms with Crippen LogP contribution in [0.15, 0.2) is 0 Å². The van der Waals surface area contributed by atoms with Gasteiger partial charge in [0.15, 0.2) is 0 Å². The highest BCUT2D eigenvalue weighted by Crippen LogP contribution is 2.47. The van der Waals surface area contributed by atoms with E-state index in [2.05, 4.69) is 20.8 Å². The van der Waals surface area contributed by atoms with Crippen LogP contribution in [-0.4, -0.2) is 10.7 Å². The average Bonchev–Trinajstić information content (AvgIpc) is 2.88. The average molecular weight is 170 g/mol. The Kier molecular flexibility index (Phi) is 3.16. The van der Waals surface area contributed by atoms with Crippen LogP contribution in [0.5, 0.6) is 0 Å². The Morgan fingerprint density at radius 3 is 2.00 bits per heavy atom. The molecule has 0 aliphatic heterocycles. The highest BCUT2D eigenvalue weighted by Gasteiger charge is 2.46. The van der Waals surface area contributed by atoms with Gasteiger partial charge in [-0.15, -0.1) is 0 Å². The van der Waals surface area contributed by atoms with E-state index in [1.165, 1.54) is 12.8 Å². The molecule has 0 bridgehead atoms. The zero-order valence-corrected chi connectivity index (χ0v) is 8.64. The molecule has 0 radical (unpaired) electrons. The number of hydrogen-bond donors (Lipinski definition) is 1. The van der Waals surface area contributed by atoms with Gasteiger partial charge in [0.05, 0.1) is 5.60 Å². The molecule has 12 heavy (non-hydrogen) atoms. The van der Waals surface area contributed by atoms with Crippen LogP contribution in [0.2, 0.25) is 0 Å². The first-order valence-electron chi connectivity index (χ1n) is 5.41. The molecule has 0 amide bonds. The van der Waals surface area contributed by atoms with Gasteiger partial charge in [-0.1, -0.05) is 33.6 Å². The lowest BCUT2D eigenvalue weighted by Crippen LogP contribution is -2.39. The van der Waals surface area contributed by atoms with Crippen molar-refractivity contribution in [2.75, 3.05) is 0 Å². The molecule has 1 aliphatic carbocycles. The minimum absolute atomic E-state index is 0.330. The lowest BCUT2D eigenvalue weighted by Gasteiger charge is -2.35. The summed E-state index contributed by atoms with van der Waals surface area (Å²) in [5.74, 6) is 1.14. The molecule has 0 aromatic rings. The maximum absolute atomic E-state index is 10.4. The summed E-state index contributed by atoms with van der Waals surface area (Å²) in [6.45, 7) is 6.50. The first-order chi connectivity index (χ1) is 5.69. The van der Waals surface area contributed by atoms with Gasteiger partial charge in [0.1, 0.15) is 0 Å². The van der Waals surface area contributed by atoms with E-state index >= 15 is 0 Å². The van der Waals surface area contributed by atoms with E-state index in [0.29, 0.717) is 11.8 Å². The molecule has 1 heteroatoms. The van der Waals surface area contributed by atoms with Crippen LogP contribution < -0.4 is 0 Å². The molecule has 1 atom stereocenters. The van der Waals surface area contributed by atoms with Crippen molar-refractivity contribution < 1.29 is 5.11 Å². The molecule has 0 heterocycles. The summed E-state index contributed by atoms with van der Waals surface area (Å²) in [5.41, 5.74) is -0.330. The Balaban J connectivity index is 2.61. The molecule has 1 aliphatic rings. The van der Waals surface area contributed by atoms with Gasteiger partial charge in [0, 0.05) is 0 Å². The van der Waals surface area contributed by atoms with Crippen LogP contribution in [0, 0.1) is 11.8 Å². The molecule has 1 saturated carbocycles. The first kappa shape index (κ1) is 10.0. The molecule has 0 spiro atoms. The van der Waals surface area contributed by atoms with Crippen LogP contribution in [0.3, 0.4) is 0 Å². The summed E-state index contributed by atoms with van der Waals surface area (Å²) in [6, 6.07) is 0. The van der Waals surface area contributed by atoms with Gasteiger partial charge in [0.25, 0.3) is 0 Å². The predicted octanol–water partition coefficient (Wildman–Crippen LogP) is 2.97. The second-order valence-electron chi connectivity index (χ2n) is 4.13. The predicted molar refractivity (Wildman–Crippen MR) is 52.0 cm³/mol. The second-order valence-corrected chi connectivity index (χ2v) is 4.13. The van der Waals surface area contributed by atoms with E-state index in [9.17, 15) is 5.11 Å². The van der Waals surface area contributed by atoms with Crippen molar-refractivity contribution in [3.05, 3.63) is 0 Å². The Labute approximate surface area is 76.2 Å². The quantitative estimate of drug-likeness (QED) is 0.672. The van der Waals surface area contributed by atoms with E-state index in [1.54, 1.807) is 0 Å². The molecular weight excluding hydrogens is 148 g/mol. The van der Waals surface area contributed by atoms with Gasteiger partial charge < -0.3 is 5.11 Å². The molecule has 1 nitrogen and oxygen atoms in total. The summed E-state index contributed by atoms with van der Waals surface area (Å²) in [4.78, 5) is 0. The third-order valence-electron chi connectivity index (χ3n) is 3.54. The molecular formula is C11H22O. The highest BCUT2D eigenvalue weighted by molar-refractivity contribution is 4.97. The zero-order valence-electron chi connectivity index (χ0n) is 8.64. The Hall–Kier alpha value is -0.0400. The van der Waals surface area contributed by atoms with E-state index in [4.69, 9.17) is 0 Å². The fourth-order valence-corrected chi connectivity index (χ4v) is 2.49. The van der Waals surface area contributed by atoms with Crippen molar-refractivity contribution in [1.29, 1.82) is 0 Å². The smallest absolute Gasteiger partial charge is 0.0701 e. The fraction of sp³-hybridized carbons (Fsp3) is 1.00. The third kappa shape index (κ3) is 1.66. The molecule has 0 aromatic carbocycles. The Morgan fingerprint density at radius 2 is 1.75 bits per heavy atom. The van der Waals surface area contributed by atoms with Crippen molar-refractivity contribution in [3.63, 3.8) is 0 Å². The van der Waals surface area contributed by atoms with Gasteiger partial charge in [-0.3, -0.25) is 0 Å². The SMILES string of the molecule is CCC(CC)C(O)(CC)C1CC1. The molecule has 1 rings (SSSR count). The Bertz CT molecular complexity index is 136. The van der Waals surface area contributed by atoms with Crippen LogP contribution in [0.4, 0.5) is 0 Å². The van der Waals surface area contributed by atoms with Crippen LogP contribution in [-0.2, 0) is 0 Å². The van der Waals surface area contributed by atoms with Crippen molar-refractivity contribution >= 4 is 0 Å². The molecule has 1 unspecified atom stereocenters. The topological polar surface area (TPSA) is 20.2 Å². The summed E-state index contributed by atoms with van der Waals surface area (Å²) in [6.07, 6.45) is 5.68. The molecule has 0 aromatic heterocycles. The van der Waals surface area contributed by atoms with E-state index in [-0.39, 0.29) is 5.60 Å². The van der Waals surface area contributed by atoms with E-state index < -0.39 is 0 Å². The van der Waals surface area contributed by atoms with Crippen molar-refractivity contribution in [3.8, 4) is 0 Å². The third-order valence-corrected chi connectivity index (χ3v) is 3.54. The largest absolute Gasteiger partial charge is 0.389 e. The van der Waals surface area contributed by atoms with E-state index in [0.717, 1.165) is 19.3 Å². The van der Waals surface area contributed by atoms with Gasteiger partial charge in [0.2, 0.25) is 0 Å². The maximum atomic E-state index is 10.4. The fourth-order valence-electron chi connectivity index (χ4n) is 2.49. The van der Waals surface area contributed by atoms with Gasteiger partial charge in [-0.05, 0) is 31.1 Å². The van der Waals surface area contributed by atoms with Crippen molar-refractivity contribution in [2.24, 2.45) is 11.8 Å². The summed E-state index contributed by atoms with van der Waals surface area (Å²) in [5, 5.41) is 10.4. The van der Waals surface area contributed by atoms with Crippen LogP contribution in [0.25, 0.3) is 0 Å². The molecule has 0 saturated heterocycles. The second kappa shape index (κ2) is 3.78. The van der Waals surface area contributed by atoms with E-state index in [1.807, 2.05) is 0 Å². The molecule has 72 valence electrons. The van der Waals surface area contributed by atoms with Crippen molar-refractivity contribution in [2.45, 2.75) is 58.5 Å². The van der Waals surface area contributed by atoms with Gasteiger partial charge in [-0.2, -0.15) is 0 Å². The summed E-state index contributed by atoms with van der Waals surface area (Å²) >= 11 is 0. The summed E-state index contributed by atoms with van der Waals surface area (Å²) < 4.78 is 0. The minimum atomic E-state index is -0.330. The maximum Gasteiger partial charge on any atom is 0.0701 e. The minimum Gasteiger partial charge on any atom is -0.389 e.